The highest BCUT2D eigenvalue weighted by Gasteiger charge is 2.41. The standard InChI is InChI=1S/C24H24F4N4O4.CH4/c1-4-36-18-9-14(11-30-22(33)16-10-15(25)7-5-12(16)2)6-8-17(18)32-21(23(34)35)19(29)20(31-32)13(3)24(26,27)28;/h5-10,13H,4,11,29H2,1-3H3,(H,30,33)(H,34,35);1H4. The van der Waals surface area contributed by atoms with Crippen molar-refractivity contribution in [2.24, 2.45) is 0 Å². The highest BCUT2D eigenvalue weighted by atomic mass is 19.4. The largest absolute Gasteiger partial charge is 0.492 e. The Labute approximate surface area is 211 Å². The van der Waals surface area contributed by atoms with Crippen molar-refractivity contribution in [2.45, 2.75) is 46.8 Å². The van der Waals surface area contributed by atoms with Crippen LogP contribution >= 0.6 is 0 Å². The van der Waals surface area contributed by atoms with Gasteiger partial charge in [-0.1, -0.05) is 19.6 Å². The Bertz CT molecular complexity index is 1300. The average molecular weight is 525 g/mol. The number of carboxylic acids is 1. The van der Waals surface area contributed by atoms with Gasteiger partial charge < -0.3 is 20.9 Å². The van der Waals surface area contributed by atoms with Gasteiger partial charge in [-0.25, -0.2) is 13.9 Å². The van der Waals surface area contributed by atoms with Crippen molar-refractivity contribution in [2.75, 3.05) is 12.3 Å². The number of alkyl halides is 3. The number of carbonyl (C=O) groups excluding carboxylic acids is 1. The molecule has 0 aliphatic heterocycles. The molecule has 1 atom stereocenters. The van der Waals surface area contributed by atoms with Crippen molar-refractivity contribution < 1.29 is 37.0 Å². The summed E-state index contributed by atoms with van der Waals surface area (Å²) < 4.78 is 59.8. The van der Waals surface area contributed by atoms with E-state index in [1.165, 1.54) is 30.3 Å². The molecule has 0 fully saturated rings. The van der Waals surface area contributed by atoms with E-state index >= 15 is 0 Å². The summed E-state index contributed by atoms with van der Waals surface area (Å²) in [5.74, 6) is -4.62. The van der Waals surface area contributed by atoms with Crippen LogP contribution in [0, 0.1) is 12.7 Å². The van der Waals surface area contributed by atoms with Crippen LogP contribution in [0.1, 0.15) is 64.9 Å². The highest BCUT2D eigenvalue weighted by Crippen LogP contribution is 2.39. The average Bonchev–Trinajstić information content (AvgIpc) is 3.15. The number of halogens is 4. The topological polar surface area (TPSA) is 119 Å². The van der Waals surface area contributed by atoms with E-state index in [-0.39, 0.29) is 37.6 Å². The molecule has 0 saturated heterocycles. The second-order valence-electron chi connectivity index (χ2n) is 8.00. The van der Waals surface area contributed by atoms with Gasteiger partial charge in [0.15, 0.2) is 5.69 Å². The Kier molecular flexibility index (Phi) is 8.91. The van der Waals surface area contributed by atoms with Gasteiger partial charge >= 0.3 is 12.1 Å². The number of nitrogens with two attached hydrogens (primary N) is 1. The molecule has 1 amide bonds. The quantitative estimate of drug-likeness (QED) is 0.347. The number of aryl methyl sites for hydroxylation is 1. The Morgan fingerprint density at radius 1 is 1.22 bits per heavy atom. The maximum atomic E-state index is 13.5. The Morgan fingerprint density at radius 2 is 1.89 bits per heavy atom. The molecule has 1 unspecified atom stereocenters. The van der Waals surface area contributed by atoms with Gasteiger partial charge in [0.1, 0.15) is 17.3 Å². The summed E-state index contributed by atoms with van der Waals surface area (Å²) in [6.45, 7) is 4.33. The smallest absolute Gasteiger partial charge is 0.397 e. The monoisotopic (exact) mass is 524 g/mol. The van der Waals surface area contributed by atoms with E-state index in [0.29, 0.717) is 11.1 Å². The molecule has 200 valence electrons. The third kappa shape index (κ3) is 6.19. The first-order valence-electron chi connectivity index (χ1n) is 10.8. The lowest BCUT2D eigenvalue weighted by molar-refractivity contribution is -0.147. The number of nitrogens with one attached hydrogen (secondary N) is 1. The van der Waals surface area contributed by atoms with Gasteiger partial charge in [-0.05, 0) is 56.2 Å². The van der Waals surface area contributed by atoms with Crippen LogP contribution in [0.3, 0.4) is 0 Å². The highest BCUT2D eigenvalue weighted by molar-refractivity contribution is 5.95. The zero-order valence-corrected chi connectivity index (χ0v) is 19.6. The molecular weight excluding hydrogens is 496 g/mol. The van der Waals surface area contributed by atoms with Gasteiger partial charge in [0.2, 0.25) is 0 Å². The molecule has 0 saturated carbocycles. The van der Waals surface area contributed by atoms with Crippen LogP contribution in [-0.4, -0.2) is 39.5 Å². The second kappa shape index (κ2) is 11.3. The van der Waals surface area contributed by atoms with Crippen LogP contribution in [0.2, 0.25) is 0 Å². The molecule has 1 heterocycles. The first-order chi connectivity index (χ1) is 16.8. The van der Waals surface area contributed by atoms with Crippen molar-refractivity contribution in [3.8, 4) is 11.4 Å². The third-order valence-corrected chi connectivity index (χ3v) is 5.50. The van der Waals surface area contributed by atoms with Gasteiger partial charge in [-0.2, -0.15) is 18.3 Å². The summed E-state index contributed by atoms with van der Waals surface area (Å²) in [6, 6.07) is 8.26. The van der Waals surface area contributed by atoms with E-state index in [0.717, 1.165) is 17.7 Å². The first-order valence-corrected chi connectivity index (χ1v) is 10.8. The molecule has 37 heavy (non-hydrogen) atoms. The van der Waals surface area contributed by atoms with Crippen molar-refractivity contribution in [3.63, 3.8) is 0 Å². The molecule has 3 aromatic rings. The number of carbonyl (C=O) groups is 2. The summed E-state index contributed by atoms with van der Waals surface area (Å²) >= 11 is 0. The Balaban J connectivity index is 0.00000481. The molecule has 3 rings (SSSR count). The number of aromatic nitrogens is 2. The number of benzene rings is 2. The minimum atomic E-state index is -4.69. The van der Waals surface area contributed by atoms with Crippen LogP contribution in [0.5, 0.6) is 5.75 Å². The van der Waals surface area contributed by atoms with Crippen LogP contribution in [0.4, 0.5) is 23.2 Å². The van der Waals surface area contributed by atoms with E-state index in [4.69, 9.17) is 10.5 Å². The molecule has 12 heteroatoms. The van der Waals surface area contributed by atoms with Crippen molar-refractivity contribution in [1.82, 2.24) is 15.1 Å². The van der Waals surface area contributed by atoms with Gasteiger partial charge in [-0.15, -0.1) is 0 Å². The fourth-order valence-electron chi connectivity index (χ4n) is 3.53. The van der Waals surface area contributed by atoms with Crippen molar-refractivity contribution in [3.05, 3.63) is 70.3 Å². The van der Waals surface area contributed by atoms with Gasteiger partial charge in [0.05, 0.1) is 23.9 Å². The van der Waals surface area contributed by atoms with Crippen LogP contribution in [-0.2, 0) is 6.54 Å². The summed E-state index contributed by atoms with van der Waals surface area (Å²) in [5, 5.41) is 16.2. The van der Waals surface area contributed by atoms with E-state index in [2.05, 4.69) is 10.4 Å². The summed E-state index contributed by atoms with van der Waals surface area (Å²) in [7, 11) is 0. The molecule has 1 aromatic heterocycles. The van der Waals surface area contributed by atoms with E-state index in [1.54, 1.807) is 13.8 Å². The lowest BCUT2D eigenvalue weighted by Crippen LogP contribution is -2.24. The van der Waals surface area contributed by atoms with E-state index in [1.807, 2.05) is 0 Å². The van der Waals surface area contributed by atoms with Crippen LogP contribution < -0.4 is 15.8 Å². The number of aromatic carboxylic acids is 1. The minimum absolute atomic E-state index is 0. The number of nitrogens with zero attached hydrogens (tertiary/aromatic N) is 2. The maximum Gasteiger partial charge on any atom is 0.397 e. The predicted molar refractivity (Wildman–Crippen MR) is 130 cm³/mol. The molecule has 0 spiro atoms. The number of rotatable bonds is 8. The Hall–Kier alpha value is -4.09. The van der Waals surface area contributed by atoms with Crippen LogP contribution in [0.15, 0.2) is 36.4 Å². The lowest BCUT2D eigenvalue weighted by Gasteiger charge is -2.15. The normalized spacial score (nSPS) is 12.0. The fourth-order valence-corrected chi connectivity index (χ4v) is 3.53. The molecule has 0 aliphatic rings. The number of amides is 1. The molecule has 8 nitrogen and oxygen atoms in total. The van der Waals surface area contributed by atoms with Gasteiger partial charge in [0, 0.05) is 12.1 Å². The van der Waals surface area contributed by atoms with E-state index in [9.17, 15) is 32.3 Å². The van der Waals surface area contributed by atoms with Crippen molar-refractivity contribution >= 4 is 17.6 Å². The van der Waals surface area contributed by atoms with Crippen molar-refractivity contribution in [1.29, 1.82) is 0 Å². The summed E-state index contributed by atoms with van der Waals surface area (Å²) in [4.78, 5) is 24.4. The molecule has 0 aliphatic carbocycles. The number of ether oxygens (including phenoxy) is 1. The molecule has 2 aromatic carbocycles. The SMILES string of the molecule is C.CCOc1cc(CNC(=O)c2cc(F)ccc2C)ccc1-n1nc(C(C)C(F)(F)F)c(N)c1C(=O)O. The summed E-state index contributed by atoms with van der Waals surface area (Å²) in [6.07, 6.45) is -4.69. The maximum absolute atomic E-state index is 13.5. The third-order valence-electron chi connectivity index (χ3n) is 5.50. The fraction of sp³-hybridized carbons (Fsp3) is 0.320. The first kappa shape index (κ1) is 29.1. The zero-order chi connectivity index (χ0) is 26.8. The Morgan fingerprint density at radius 3 is 2.49 bits per heavy atom. The van der Waals surface area contributed by atoms with E-state index < -0.39 is 46.9 Å². The van der Waals surface area contributed by atoms with Crippen LogP contribution in [0.25, 0.3) is 5.69 Å². The molecular formula is C25H28F4N4O4. The number of carboxylic acid groups (broad SMARTS) is 1. The summed E-state index contributed by atoms with van der Waals surface area (Å²) in [5.41, 5.74) is 5.26. The number of hydrogen-bond donors (Lipinski definition) is 3. The zero-order valence-electron chi connectivity index (χ0n) is 19.6. The van der Waals surface area contributed by atoms with Gasteiger partial charge in [-0.3, -0.25) is 4.79 Å². The molecule has 4 N–H and O–H groups in total. The molecule has 0 radical (unpaired) electrons. The number of hydrogen-bond acceptors (Lipinski definition) is 5. The second-order valence-corrected chi connectivity index (χ2v) is 8.00. The molecule has 0 bridgehead atoms. The predicted octanol–water partition coefficient (Wildman–Crippen LogP) is 5.23. The minimum Gasteiger partial charge on any atom is -0.492 e. The van der Waals surface area contributed by atoms with Gasteiger partial charge in [0.25, 0.3) is 5.91 Å². The lowest BCUT2D eigenvalue weighted by atomic mass is 10.1. The number of anilines is 1. The number of nitrogen functional groups attached to an aromatic ring is 1.